The summed E-state index contributed by atoms with van der Waals surface area (Å²) in [6, 6.07) is 10.5. The summed E-state index contributed by atoms with van der Waals surface area (Å²) in [6.07, 6.45) is 5.57. The van der Waals surface area contributed by atoms with Crippen molar-refractivity contribution in [2.45, 2.75) is 32.7 Å². The third kappa shape index (κ3) is 4.42. The summed E-state index contributed by atoms with van der Waals surface area (Å²) in [5, 5.41) is 3.53. The minimum Gasteiger partial charge on any atom is -0.494 e. The molecule has 0 aliphatic heterocycles. The Kier molecular flexibility index (Phi) is 5.69. The van der Waals surface area contributed by atoms with Gasteiger partial charge in [-0.3, -0.25) is 0 Å². The largest absolute Gasteiger partial charge is 0.494 e. The lowest BCUT2D eigenvalue weighted by Gasteiger charge is -2.17. The molecule has 2 aromatic rings. The van der Waals surface area contributed by atoms with Crippen LogP contribution in [0.4, 0.5) is 0 Å². The summed E-state index contributed by atoms with van der Waals surface area (Å²) in [6.45, 7) is 5.93. The summed E-state index contributed by atoms with van der Waals surface area (Å²) >= 11 is 0. The third-order valence-electron chi connectivity index (χ3n) is 3.25. The second-order valence-corrected chi connectivity index (χ2v) is 5.02. The lowest BCUT2D eigenvalue weighted by molar-refractivity contribution is 0.286. The fourth-order valence-electron chi connectivity index (χ4n) is 2.18. The highest BCUT2D eigenvalue weighted by Gasteiger charge is 2.11. The van der Waals surface area contributed by atoms with Crippen LogP contribution in [0.2, 0.25) is 0 Å². The van der Waals surface area contributed by atoms with Crippen molar-refractivity contribution in [3.05, 3.63) is 54.0 Å². The molecule has 0 bridgehead atoms. The highest BCUT2D eigenvalue weighted by molar-refractivity contribution is 5.27. The Morgan fingerprint density at radius 2 is 2.20 bits per heavy atom. The maximum absolute atomic E-state index is 5.82. The van der Waals surface area contributed by atoms with Crippen LogP contribution in [0.1, 0.15) is 36.9 Å². The Morgan fingerprint density at radius 1 is 1.30 bits per heavy atom. The Bertz CT molecular complexity index is 493. The first-order valence-electron chi connectivity index (χ1n) is 7.24. The zero-order chi connectivity index (χ0) is 14.2. The van der Waals surface area contributed by atoms with E-state index in [4.69, 9.17) is 9.15 Å². The number of hydrogen-bond acceptors (Lipinski definition) is 3. The minimum atomic E-state index is 0.290. The van der Waals surface area contributed by atoms with Crippen LogP contribution in [-0.2, 0) is 0 Å². The first-order valence-corrected chi connectivity index (χ1v) is 7.24. The molecule has 108 valence electrons. The van der Waals surface area contributed by atoms with Gasteiger partial charge >= 0.3 is 0 Å². The Morgan fingerprint density at radius 3 is 2.90 bits per heavy atom. The number of benzene rings is 1. The summed E-state index contributed by atoms with van der Waals surface area (Å²) in [7, 11) is 0. The second kappa shape index (κ2) is 7.75. The molecule has 0 aliphatic carbocycles. The van der Waals surface area contributed by atoms with Gasteiger partial charge in [0.2, 0.25) is 0 Å². The lowest BCUT2D eigenvalue weighted by atomic mass is 10.1. The van der Waals surface area contributed by atoms with Gasteiger partial charge in [0.1, 0.15) is 5.75 Å². The molecule has 1 N–H and O–H groups in total. The summed E-state index contributed by atoms with van der Waals surface area (Å²) in [5.74, 6) is 0.937. The van der Waals surface area contributed by atoms with Crippen molar-refractivity contribution in [3.63, 3.8) is 0 Å². The van der Waals surface area contributed by atoms with E-state index in [1.165, 1.54) is 11.1 Å². The topological polar surface area (TPSA) is 34.4 Å². The molecular weight excluding hydrogens is 250 g/mol. The molecule has 0 aliphatic rings. The van der Waals surface area contributed by atoms with Crippen molar-refractivity contribution in [1.82, 2.24) is 5.32 Å². The number of ether oxygens (including phenoxy) is 1. The normalized spacial score (nSPS) is 12.3. The van der Waals surface area contributed by atoms with E-state index in [1.807, 2.05) is 18.2 Å². The van der Waals surface area contributed by atoms with Crippen LogP contribution in [0.3, 0.4) is 0 Å². The number of nitrogens with one attached hydrogen (secondary N) is 1. The molecule has 20 heavy (non-hydrogen) atoms. The first kappa shape index (κ1) is 14.7. The van der Waals surface area contributed by atoms with Crippen LogP contribution in [-0.4, -0.2) is 13.2 Å². The number of aryl methyl sites for hydroxylation is 1. The van der Waals surface area contributed by atoms with E-state index in [0.29, 0.717) is 12.6 Å². The molecule has 0 radical (unpaired) electrons. The Labute approximate surface area is 121 Å². The van der Waals surface area contributed by atoms with Crippen molar-refractivity contribution >= 4 is 0 Å². The lowest BCUT2D eigenvalue weighted by Crippen LogP contribution is -2.23. The molecule has 1 aromatic carbocycles. The molecule has 0 saturated carbocycles. The molecule has 3 nitrogen and oxygen atoms in total. The highest BCUT2D eigenvalue weighted by Crippen LogP contribution is 2.19. The summed E-state index contributed by atoms with van der Waals surface area (Å²) < 4.78 is 11.0. The predicted octanol–water partition coefficient (Wildman–Crippen LogP) is 4.10. The van der Waals surface area contributed by atoms with Crippen LogP contribution in [0, 0.1) is 6.92 Å². The van der Waals surface area contributed by atoms with Crippen LogP contribution in [0.15, 0.2) is 47.3 Å². The molecular formula is C17H23NO2. The smallest absolute Gasteiger partial charge is 0.119 e. The molecule has 3 heteroatoms. The van der Waals surface area contributed by atoms with Gasteiger partial charge in [-0.05, 0) is 43.7 Å². The third-order valence-corrected chi connectivity index (χ3v) is 3.25. The fourth-order valence-corrected chi connectivity index (χ4v) is 2.18. The Balaban J connectivity index is 1.85. The maximum atomic E-state index is 5.82. The highest BCUT2D eigenvalue weighted by atomic mass is 16.5. The zero-order valence-electron chi connectivity index (χ0n) is 12.3. The van der Waals surface area contributed by atoms with Gasteiger partial charge in [0.05, 0.1) is 19.1 Å². The van der Waals surface area contributed by atoms with Crippen LogP contribution < -0.4 is 10.1 Å². The van der Waals surface area contributed by atoms with Crippen molar-refractivity contribution in [2.24, 2.45) is 0 Å². The molecule has 1 unspecified atom stereocenters. The van der Waals surface area contributed by atoms with E-state index < -0.39 is 0 Å². The molecule has 0 spiro atoms. The van der Waals surface area contributed by atoms with Gasteiger partial charge < -0.3 is 14.5 Å². The van der Waals surface area contributed by atoms with Gasteiger partial charge in [-0.2, -0.15) is 0 Å². The zero-order valence-corrected chi connectivity index (χ0v) is 12.3. The van der Waals surface area contributed by atoms with E-state index in [-0.39, 0.29) is 0 Å². The standard InChI is InChI=1S/C17H23NO2/c1-3-9-18-17(15-7-10-19-13-15)8-11-20-16-6-4-5-14(2)12-16/h4-7,10,12-13,17-18H,3,8-9,11H2,1-2H3. The van der Waals surface area contributed by atoms with E-state index >= 15 is 0 Å². The number of furan rings is 1. The van der Waals surface area contributed by atoms with E-state index in [0.717, 1.165) is 25.1 Å². The second-order valence-electron chi connectivity index (χ2n) is 5.02. The van der Waals surface area contributed by atoms with Crippen LogP contribution in [0.5, 0.6) is 5.75 Å². The minimum absolute atomic E-state index is 0.290. The molecule has 1 atom stereocenters. The SMILES string of the molecule is CCCNC(CCOc1cccc(C)c1)c1ccoc1. The van der Waals surface area contributed by atoms with Gasteiger partial charge in [-0.15, -0.1) is 0 Å². The Hall–Kier alpha value is -1.74. The van der Waals surface area contributed by atoms with E-state index in [2.05, 4.69) is 31.3 Å². The maximum Gasteiger partial charge on any atom is 0.119 e. The number of hydrogen-bond donors (Lipinski definition) is 1. The van der Waals surface area contributed by atoms with Crippen molar-refractivity contribution < 1.29 is 9.15 Å². The average Bonchev–Trinajstić information content (AvgIpc) is 2.96. The molecule has 1 aromatic heterocycles. The van der Waals surface area contributed by atoms with Gasteiger partial charge in [0.15, 0.2) is 0 Å². The molecule has 0 saturated heterocycles. The summed E-state index contributed by atoms with van der Waals surface area (Å²) in [5.41, 5.74) is 2.41. The van der Waals surface area contributed by atoms with Crippen LogP contribution in [0.25, 0.3) is 0 Å². The quantitative estimate of drug-likeness (QED) is 0.786. The van der Waals surface area contributed by atoms with Crippen molar-refractivity contribution in [3.8, 4) is 5.75 Å². The van der Waals surface area contributed by atoms with Gasteiger partial charge in [0, 0.05) is 18.0 Å². The average molecular weight is 273 g/mol. The van der Waals surface area contributed by atoms with Gasteiger partial charge in [-0.1, -0.05) is 19.1 Å². The van der Waals surface area contributed by atoms with Gasteiger partial charge in [0.25, 0.3) is 0 Å². The summed E-state index contributed by atoms with van der Waals surface area (Å²) in [4.78, 5) is 0. The van der Waals surface area contributed by atoms with Crippen molar-refractivity contribution in [1.29, 1.82) is 0 Å². The van der Waals surface area contributed by atoms with Crippen LogP contribution >= 0.6 is 0 Å². The monoisotopic (exact) mass is 273 g/mol. The number of rotatable bonds is 8. The predicted molar refractivity (Wildman–Crippen MR) is 81.0 cm³/mol. The van der Waals surface area contributed by atoms with E-state index in [9.17, 15) is 0 Å². The molecule has 2 rings (SSSR count). The first-order chi connectivity index (χ1) is 9.79. The molecule has 0 amide bonds. The fraction of sp³-hybridized carbons (Fsp3) is 0.412. The molecule has 0 fully saturated rings. The molecule has 1 heterocycles. The van der Waals surface area contributed by atoms with Gasteiger partial charge in [-0.25, -0.2) is 0 Å². The van der Waals surface area contributed by atoms with E-state index in [1.54, 1.807) is 12.5 Å². The van der Waals surface area contributed by atoms with Crippen molar-refractivity contribution in [2.75, 3.05) is 13.2 Å².